The molecule has 1 heterocycles. The zero-order chi connectivity index (χ0) is 15.0. The standard InChI is InChI=1S/C14H14FN3O2S/c1-20-13(19)7-5-11(8(15)6-9(7)16)18-14-17-10-3-2-4-12(10)21-14/h5-6H,2-4,16H2,1H3,(H,17,18). The maximum absolute atomic E-state index is 14.0. The van der Waals surface area contributed by atoms with Crippen LogP contribution in [0.4, 0.5) is 20.9 Å². The Morgan fingerprint density at radius 1 is 1.48 bits per heavy atom. The first-order valence-corrected chi connectivity index (χ1v) is 7.33. The number of nitrogen functional groups attached to an aromatic ring is 1. The van der Waals surface area contributed by atoms with Crippen LogP contribution in [0.2, 0.25) is 0 Å². The predicted octanol–water partition coefficient (Wildman–Crippen LogP) is 2.88. The van der Waals surface area contributed by atoms with Crippen molar-refractivity contribution in [1.82, 2.24) is 4.98 Å². The normalized spacial score (nSPS) is 13.0. The minimum absolute atomic E-state index is 0.0477. The van der Waals surface area contributed by atoms with E-state index in [0.29, 0.717) is 5.13 Å². The SMILES string of the molecule is COC(=O)c1cc(Nc2nc3c(s2)CCC3)c(F)cc1N. The number of nitrogens with one attached hydrogen (secondary N) is 1. The van der Waals surface area contributed by atoms with Crippen molar-refractivity contribution in [3.05, 3.63) is 34.1 Å². The van der Waals surface area contributed by atoms with E-state index in [1.165, 1.54) is 29.4 Å². The Labute approximate surface area is 124 Å². The molecule has 0 atom stereocenters. The van der Waals surface area contributed by atoms with E-state index < -0.39 is 11.8 Å². The fourth-order valence-corrected chi connectivity index (χ4v) is 3.39. The molecule has 0 spiro atoms. The number of ether oxygens (including phenoxy) is 1. The van der Waals surface area contributed by atoms with Crippen LogP contribution in [0, 0.1) is 5.82 Å². The number of carbonyl (C=O) groups excluding carboxylic acids is 1. The maximum atomic E-state index is 14.0. The van der Waals surface area contributed by atoms with Gasteiger partial charge in [0.05, 0.1) is 24.1 Å². The first kappa shape index (κ1) is 13.8. The van der Waals surface area contributed by atoms with Crippen LogP contribution in [0.3, 0.4) is 0 Å². The van der Waals surface area contributed by atoms with Gasteiger partial charge in [-0.15, -0.1) is 11.3 Å². The summed E-state index contributed by atoms with van der Waals surface area (Å²) in [6, 6.07) is 2.46. The zero-order valence-electron chi connectivity index (χ0n) is 11.4. The van der Waals surface area contributed by atoms with Gasteiger partial charge in [0, 0.05) is 10.6 Å². The minimum Gasteiger partial charge on any atom is -0.465 e. The van der Waals surface area contributed by atoms with Crippen LogP contribution in [0.25, 0.3) is 0 Å². The van der Waals surface area contributed by atoms with Gasteiger partial charge in [-0.05, 0) is 31.4 Å². The topological polar surface area (TPSA) is 77.2 Å². The number of nitrogens with two attached hydrogens (primary N) is 1. The molecule has 0 radical (unpaired) electrons. The van der Waals surface area contributed by atoms with Gasteiger partial charge in [-0.25, -0.2) is 14.2 Å². The van der Waals surface area contributed by atoms with Gasteiger partial charge >= 0.3 is 5.97 Å². The molecule has 1 aromatic carbocycles. The summed E-state index contributed by atoms with van der Waals surface area (Å²) in [5.41, 5.74) is 7.05. The number of carbonyl (C=O) groups is 1. The molecule has 0 unspecified atom stereocenters. The summed E-state index contributed by atoms with van der Waals surface area (Å²) in [5, 5.41) is 3.54. The lowest BCUT2D eigenvalue weighted by molar-refractivity contribution is 0.0602. The Kier molecular flexibility index (Phi) is 3.50. The van der Waals surface area contributed by atoms with Gasteiger partial charge in [0.2, 0.25) is 0 Å². The minimum atomic E-state index is -0.600. The Hall–Kier alpha value is -2.15. The first-order valence-electron chi connectivity index (χ1n) is 6.51. The van der Waals surface area contributed by atoms with Crippen LogP contribution >= 0.6 is 11.3 Å². The molecule has 21 heavy (non-hydrogen) atoms. The van der Waals surface area contributed by atoms with E-state index in [1.807, 2.05) is 0 Å². The molecular formula is C14H14FN3O2S. The van der Waals surface area contributed by atoms with Crippen LogP contribution in [0.1, 0.15) is 27.3 Å². The summed E-state index contributed by atoms with van der Waals surface area (Å²) in [6.45, 7) is 0. The number of esters is 1. The van der Waals surface area contributed by atoms with Crippen molar-refractivity contribution in [1.29, 1.82) is 0 Å². The quantitative estimate of drug-likeness (QED) is 0.673. The molecule has 0 bridgehead atoms. The molecule has 0 amide bonds. The number of benzene rings is 1. The van der Waals surface area contributed by atoms with Gasteiger partial charge in [-0.2, -0.15) is 0 Å². The van der Waals surface area contributed by atoms with Crippen molar-refractivity contribution in [3.63, 3.8) is 0 Å². The third kappa shape index (κ3) is 2.56. The third-order valence-corrected chi connectivity index (χ3v) is 4.45. The number of thiazole rings is 1. The van der Waals surface area contributed by atoms with Crippen LogP contribution in [0.5, 0.6) is 0 Å². The predicted molar refractivity (Wildman–Crippen MR) is 79.6 cm³/mol. The van der Waals surface area contributed by atoms with Gasteiger partial charge in [-0.3, -0.25) is 0 Å². The Morgan fingerprint density at radius 2 is 2.29 bits per heavy atom. The van der Waals surface area contributed by atoms with Gasteiger partial charge in [0.25, 0.3) is 0 Å². The van der Waals surface area contributed by atoms with Gasteiger partial charge in [0.15, 0.2) is 5.13 Å². The number of aromatic nitrogens is 1. The van der Waals surface area contributed by atoms with E-state index in [1.54, 1.807) is 0 Å². The van der Waals surface area contributed by atoms with Crippen molar-refractivity contribution in [2.24, 2.45) is 0 Å². The van der Waals surface area contributed by atoms with E-state index in [9.17, 15) is 9.18 Å². The van der Waals surface area contributed by atoms with E-state index in [-0.39, 0.29) is 16.9 Å². The highest BCUT2D eigenvalue weighted by Gasteiger charge is 2.19. The molecule has 5 nitrogen and oxygen atoms in total. The van der Waals surface area contributed by atoms with Gasteiger partial charge in [0.1, 0.15) is 5.82 Å². The van der Waals surface area contributed by atoms with Crippen molar-refractivity contribution in [2.45, 2.75) is 19.3 Å². The highest BCUT2D eigenvalue weighted by molar-refractivity contribution is 7.15. The van der Waals surface area contributed by atoms with Crippen LogP contribution < -0.4 is 11.1 Å². The van der Waals surface area contributed by atoms with Crippen LogP contribution in [-0.2, 0) is 17.6 Å². The lowest BCUT2D eigenvalue weighted by Gasteiger charge is -2.09. The fourth-order valence-electron chi connectivity index (χ4n) is 2.33. The monoisotopic (exact) mass is 307 g/mol. The van der Waals surface area contributed by atoms with E-state index in [4.69, 9.17) is 5.73 Å². The number of aryl methyl sites for hydroxylation is 2. The molecule has 3 N–H and O–H groups in total. The lowest BCUT2D eigenvalue weighted by atomic mass is 10.1. The fraction of sp³-hybridized carbons (Fsp3) is 0.286. The number of anilines is 3. The average molecular weight is 307 g/mol. The van der Waals surface area contributed by atoms with E-state index >= 15 is 0 Å². The molecule has 0 saturated heterocycles. The summed E-state index contributed by atoms with van der Waals surface area (Å²) in [5.74, 6) is -1.13. The molecule has 0 aliphatic heterocycles. The molecule has 110 valence electrons. The molecule has 3 rings (SSSR count). The number of fused-ring (bicyclic) bond motifs is 1. The second-order valence-electron chi connectivity index (χ2n) is 4.78. The molecule has 7 heteroatoms. The highest BCUT2D eigenvalue weighted by atomic mass is 32.1. The lowest BCUT2D eigenvalue weighted by Crippen LogP contribution is -2.07. The van der Waals surface area contributed by atoms with Crippen molar-refractivity contribution in [3.8, 4) is 0 Å². The Morgan fingerprint density at radius 3 is 3.00 bits per heavy atom. The maximum Gasteiger partial charge on any atom is 0.340 e. The van der Waals surface area contributed by atoms with E-state index in [2.05, 4.69) is 15.0 Å². The summed E-state index contributed by atoms with van der Waals surface area (Å²) in [7, 11) is 1.25. The van der Waals surface area contributed by atoms with Gasteiger partial charge in [-0.1, -0.05) is 0 Å². The Bertz CT molecular complexity index is 693. The number of halogens is 1. The van der Waals surface area contributed by atoms with Crippen molar-refractivity contribution >= 4 is 33.8 Å². The van der Waals surface area contributed by atoms with Crippen LogP contribution in [0.15, 0.2) is 12.1 Å². The van der Waals surface area contributed by atoms with Crippen molar-refractivity contribution in [2.75, 3.05) is 18.2 Å². The molecule has 2 aromatic rings. The molecule has 1 aromatic heterocycles. The molecule has 0 fully saturated rings. The Balaban J connectivity index is 1.92. The summed E-state index contributed by atoms with van der Waals surface area (Å²) in [4.78, 5) is 17.3. The molecular weight excluding hydrogens is 293 g/mol. The highest BCUT2D eigenvalue weighted by Crippen LogP contribution is 2.33. The molecule has 1 aliphatic carbocycles. The number of hydrogen-bond donors (Lipinski definition) is 2. The second-order valence-corrected chi connectivity index (χ2v) is 5.86. The number of nitrogens with zero attached hydrogens (tertiary/aromatic N) is 1. The van der Waals surface area contributed by atoms with E-state index in [0.717, 1.165) is 31.0 Å². The number of methoxy groups -OCH3 is 1. The van der Waals surface area contributed by atoms with Crippen LogP contribution in [-0.4, -0.2) is 18.1 Å². The zero-order valence-corrected chi connectivity index (χ0v) is 12.2. The summed E-state index contributed by atoms with van der Waals surface area (Å²) >= 11 is 1.51. The average Bonchev–Trinajstić information content (AvgIpc) is 3.02. The molecule has 1 aliphatic rings. The third-order valence-electron chi connectivity index (χ3n) is 3.38. The summed E-state index contributed by atoms with van der Waals surface area (Å²) in [6.07, 6.45) is 3.11. The van der Waals surface area contributed by atoms with Gasteiger partial charge < -0.3 is 15.8 Å². The number of hydrogen-bond acceptors (Lipinski definition) is 6. The second kappa shape index (κ2) is 5.33. The van der Waals surface area contributed by atoms with Crippen molar-refractivity contribution < 1.29 is 13.9 Å². The molecule has 0 saturated carbocycles. The largest absolute Gasteiger partial charge is 0.465 e. The first-order chi connectivity index (χ1) is 10.1. The number of rotatable bonds is 3. The summed E-state index contributed by atoms with van der Waals surface area (Å²) < 4.78 is 18.6. The smallest absolute Gasteiger partial charge is 0.340 e.